The molecule has 20 heavy (non-hydrogen) atoms. The number of rotatable bonds is 5. The largest absolute Gasteiger partial charge is 0.384 e. The van der Waals surface area contributed by atoms with Crippen molar-refractivity contribution in [2.75, 3.05) is 13.1 Å². The number of hydrogen-bond donors (Lipinski definition) is 2. The normalized spacial score (nSPS) is 14.7. The fourth-order valence-corrected chi connectivity index (χ4v) is 2.27. The van der Waals surface area contributed by atoms with E-state index >= 15 is 0 Å². The zero-order chi connectivity index (χ0) is 14.8. The van der Waals surface area contributed by atoms with Crippen LogP contribution in [0.3, 0.4) is 0 Å². The van der Waals surface area contributed by atoms with Crippen molar-refractivity contribution in [1.82, 2.24) is 10.3 Å². The van der Waals surface area contributed by atoms with Gasteiger partial charge in [-0.05, 0) is 50.1 Å². The molecule has 1 aromatic heterocycles. The Balaban J connectivity index is 2.20. The highest BCUT2D eigenvalue weighted by Gasteiger charge is 2.22. The van der Waals surface area contributed by atoms with E-state index in [1.165, 1.54) is 0 Å². The Labute approximate surface area is 121 Å². The molecule has 0 radical (unpaired) electrons. The minimum Gasteiger partial charge on any atom is -0.384 e. The standard InChI is InChI=1S/C17H24N2O/c1-12(2)10-18-11-17(4,20)15-7-8-16-14(9-15)6-5-13(3)19-16/h5-9,12,18,20H,10-11H2,1-4H3. The Bertz CT molecular complexity index is 591. The van der Waals surface area contributed by atoms with E-state index in [1.54, 1.807) is 0 Å². The molecule has 1 unspecified atom stereocenters. The van der Waals surface area contributed by atoms with Crippen LogP contribution in [0, 0.1) is 12.8 Å². The second-order valence-electron chi connectivity index (χ2n) is 6.16. The van der Waals surface area contributed by atoms with Gasteiger partial charge in [-0.15, -0.1) is 0 Å². The molecule has 2 rings (SSSR count). The van der Waals surface area contributed by atoms with Crippen LogP contribution in [0.4, 0.5) is 0 Å². The summed E-state index contributed by atoms with van der Waals surface area (Å²) in [6.07, 6.45) is 0. The summed E-state index contributed by atoms with van der Waals surface area (Å²) in [6, 6.07) is 10.0. The summed E-state index contributed by atoms with van der Waals surface area (Å²) in [5.74, 6) is 0.578. The van der Waals surface area contributed by atoms with Gasteiger partial charge in [0.15, 0.2) is 0 Å². The number of nitrogens with one attached hydrogen (secondary N) is 1. The maximum atomic E-state index is 10.6. The molecule has 0 spiro atoms. The van der Waals surface area contributed by atoms with E-state index in [2.05, 4.69) is 30.2 Å². The van der Waals surface area contributed by atoms with Gasteiger partial charge in [-0.3, -0.25) is 4.98 Å². The molecule has 0 saturated carbocycles. The van der Waals surface area contributed by atoms with E-state index in [0.717, 1.165) is 28.7 Å². The number of nitrogens with zero attached hydrogens (tertiary/aromatic N) is 1. The van der Waals surface area contributed by atoms with Gasteiger partial charge < -0.3 is 10.4 Å². The first-order valence-corrected chi connectivity index (χ1v) is 7.19. The third-order valence-corrected chi connectivity index (χ3v) is 3.47. The topological polar surface area (TPSA) is 45.1 Å². The zero-order valence-electron chi connectivity index (χ0n) is 12.8. The number of aliphatic hydroxyl groups is 1. The molecule has 108 valence electrons. The first-order chi connectivity index (χ1) is 9.38. The molecule has 1 aromatic carbocycles. The van der Waals surface area contributed by atoms with E-state index in [4.69, 9.17) is 0 Å². The molecule has 0 amide bonds. The second-order valence-corrected chi connectivity index (χ2v) is 6.16. The van der Waals surface area contributed by atoms with Crippen LogP contribution in [0.15, 0.2) is 30.3 Å². The molecule has 0 bridgehead atoms. The SMILES string of the molecule is Cc1ccc2cc(C(C)(O)CNCC(C)C)ccc2n1. The number of hydrogen-bond acceptors (Lipinski definition) is 3. The van der Waals surface area contributed by atoms with Crippen molar-refractivity contribution >= 4 is 10.9 Å². The number of benzene rings is 1. The molecule has 0 saturated heterocycles. The zero-order valence-corrected chi connectivity index (χ0v) is 12.8. The molecular formula is C17H24N2O. The maximum Gasteiger partial charge on any atom is 0.0992 e. The predicted octanol–water partition coefficient (Wildman–Crippen LogP) is 3.00. The summed E-state index contributed by atoms with van der Waals surface area (Å²) in [6.45, 7) is 9.61. The fraction of sp³-hybridized carbons (Fsp3) is 0.471. The van der Waals surface area contributed by atoms with Gasteiger partial charge in [0.25, 0.3) is 0 Å². The number of aryl methyl sites for hydroxylation is 1. The smallest absolute Gasteiger partial charge is 0.0992 e. The Morgan fingerprint density at radius 3 is 2.70 bits per heavy atom. The van der Waals surface area contributed by atoms with Gasteiger partial charge in [0.2, 0.25) is 0 Å². The van der Waals surface area contributed by atoms with Crippen LogP contribution < -0.4 is 5.32 Å². The Morgan fingerprint density at radius 2 is 2.00 bits per heavy atom. The average Bonchev–Trinajstić information content (AvgIpc) is 2.37. The van der Waals surface area contributed by atoms with Gasteiger partial charge in [0, 0.05) is 17.6 Å². The lowest BCUT2D eigenvalue weighted by Gasteiger charge is -2.25. The molecule has 3 heteroatoms. The summed E-state index contributed by atoms with van der Waals surface area (Å²) >= 11 is 0. The Morgan fingerprint density at radius 1 is 1.25 bits per heavy atom. The van der Waals surface area contributed by atoms with E-state index in [-0.39, 0.29) is 0 Å². The van der Waals surface area contributed by atoms with Gasteiger partial charge in [-0.1, -0.05) is 26.0 Å². The summed E-state index contributed by atoms with van der Waals surface area (Å²) < 4.78 is 0. The van der Waals surface area contributed by atoms with Crippen molar-refractivity contribution in [2.24, 2.45) is 5.92 Å². The van der Waals surface area contributed by atoms with E-state index in [0.29, 0.717) is 12.5 Å². The van der Waals surface area contributed by atoms with Gasteiger partial charge >= 0.3 is 0 Å². The fourth-order valence-electron chi connectivity index (χ4n) is 2.27. The Hall–Kier alpha value is -1.45. The molecule has 0 aliphatic rings. The van der Waals surface area contributed by atoms with Crippen LogP contribution in [0.2, 0.25) is 0 Å². The number of fused-ring (bicyclic) bond motifs is 1. The molecule has 2 aromatic rings. The van der Waals surface area contributed by atoms with Gasteiger partial charge in [-0.2, -0.15) is 0 Å². The van der Waals surface area contributed by atoms with Crippen molar-refractivity contribution in [1.29, 1.82) is 0 Å². The lowest BCUT2D eigenvalue weighted by atomic mass is 9.94. The molecule has 1 heterocycles. The maximum absolute atomic E-state index is 10.6. The molecule has 0 aliphatic heterocycles. The molecule has 2 N–H and O–H groups in total. The van der Waals surface area contributed by atoms with E-state index < -0.39 is 5.60 Å². The quantitative estimate of drug-likeness (QED) is 0.879. The minimum absolute atomic E-state index is 0.552. The van der Waals surface area contributed by atoms with E-state index in [1.807, 2.05) is 38.1 Å². The third-order valence-electron chi connectivity index (χ3n) is 3.47. The summed E-state index contributed by atoms with van der Waals surface area (Å²) in [5, 5.41) is 15.0. The highest BCUT2D eigenvalue weighted by molar-refractivity contribution is 5.79. The lowest BCUT2D eigenvalue weighted by molar-refractivity contribution is 0.0565. The number of pyridine rings is 1. The van der Waals surface area contributed by atoms with Crippen molar-refractivity contribution in [3.05, 3.63) is 41.6 Å². The van der Waals surface area contributed by atoms with Crippen LogP contribution in [0.5, 0.6) is 0 Å². The average molecular weight is 272 g/mol. The predicted molar refractivity (Wildman–Crippen MR) is 83.8 cm³/mol. The van der Waals surface area contributed by atoms with Crippen LogP contribution in [0.25, 0.3) is 10.9 Å². The monoisotopic (exact) mass is 272 g/mol. The van der Waals surface area contributed by atoms with Crippen molar-refractivity contribution in [3.8, 4) is 0 Å². The van der Waals surface area contributed by atoms with Crippen LogP contribution >= 0.6 is 0 Å². The minimum atomic E-state index is -0.867. The van der Waals surface area contributed by atoms with E-state index in [9.17, 15) is 5.11 Å². The van der Waals surface area contributed by atoms with Crippen molar-refractivity contribution < 1.29 is 5.11 Å². The summed E-state index contributed by atoms with van der Waals surface area (Å²) in [5.41, 5.74) is 2.04. The van der Waals surface area contributed by atoms with Gasteiger partial charge in [0.05, 0.1) is 11.1 Å². The van der Waals surface area contributed by atoms with Crippen molar-refractivity contribution in [3.63, 3.8) is 0 Å². The number of aromatic nitrogens is 1. The molecule has 0 aliphatic carbocycles. The van der Waals surface area contributed by atoms with Crippen LogP contribution in [-0.2, 0) is 5.60 Å². The first kappa shape index (κ1) is 14.9. The lowest BCUT2D eigenvalue weighted by Crippen LogP contribution is -2.36. The highest BCUT2D eigenvalue weighted by Crippen LogP contribution is 2.24. The van der Waals surface area contributed by atoms with Gasteiger partial charge in [0.1, 0.15) is 0 Å². The molecule has 0 fully saturated rings. The summed E-state index contributed by atoms with van der Waals surface area (Å²) in [4.78, 5) is 4.49. The summed E-state index contributed by atoms with van der Waals surface area (Å²) in [7, 11) is 0. The van der Waals surface area contributed by atoms with Crippen molar-refractivity contribution in [2.45, 2.75) is 33.3 Å². The highest BCUT2D eigenvalue weighted by atomic mass is 16.3. The second kappa shape index (κ2) is 5.90. The Kier molecular flexibility index (Phi) is 4.41. The van der Waals surface area contributed by atoms with Crippen LogP contribution in [0.1, 0.15) is 32.0 Å². The third kappa shape index (κ3) is 3.56. The molecule has 1 atom stereocenters. The molecular weight excluding hydrogens is 248 g/mol. The first-order valence-electron chi connectivity index (χ1n) is 7.19. The van der Waals surface area contributed by atoms with Crippen LogP contribution in [-0.4, -0.2) is 23.2 Å². The van der Waals surface area contributed by atoms with Gasteiger partial charge in [-0.25, -0.2) is 0 Å². The molecule has 3 nitrogen and oxygen atoms in total.